The molecular weight excluding hydrogens is 409 g/mol. The number of carbonyl (C=O) groups excluding carboxylic acids is 1. The van der Waals surface area contributed by atoms with E-state index in [1.54, 1.807) is 43.5 Å². The third-order valence-corrected chi connectivity index (χ3v) is 5.33. The number of hydrogen-bond acceptors (Lipinski definition) is 3. The van der Waals surface area contributed by atoms with E-state index in [4.69, 9.17) is 32.7 Å². The third-order valence-electron chi connectivity index (χ3n) is 4.50. The van der Waals surface area contributed by atoms with Gasteiger partial charge in [0.2, 0.25) is 0 Å². The molecule has 1 N–H and O–H groups in total. The molecule has 150 valence electrons. The summed E-state index contributed by atoms with van der Waals surface area (Å²) in [5, 5.41) is 4.15. The normalized spacial score (nSPS) is 10.5. The van der Waals surface area contributed by atoms with Crippen LogP contribution in [0.1, 0.15) is 27.0 Å². The van der Waals surface area contributed by atoms with Gasteiger partial charge in [-0.3, -0.25) is 4.79 Å². The van der Waals surface area contributed by atoms with Crippen molar-refractivity contribution < 1.29 is 14.3 Å². The summed E-state index contributed by atoms with van der Waals surface area (Å²) in [4.78, 5) is 12.7. The quantitative estimate of drug-likeness (QED) is 0.489. The van der Waals surface area contributed by atoms with Crippen molar-refractivity contribution in [3.8, 4) is 11.5 Å². The van der Waals surface area contributed by atoms with Crippen LogP contribution in [-0.4, -0.2) is 13.0 Å². The van der Waals surface area contributed by atoms with E-state index in [2.05, 4.69) is 5.32 Å². The zero-order valence-electron chi connectivity index (χ0n) is 16.4. The average molecular weight is 430 g/mol. The lowest BCUT2D eigenvalue weighted by Crippen LogP contribution is -2.13. The van der Waals surface area contributed by atoms with Gasteiger partial charge < -0.3 is 14.8 Å². The van der Waals surface area contributed by atoms with E-state index in [0.29, 0.717) is 32.8 Å². The summed E-state index contributed by atoms with van der Waals surface area (Å²) in [6.07, 6.45) is 0. The van der Waals surface area contributed by atoms with Gasteiger partial charge in [0.15, 0.2) is 0 Å². The lowest BCUT2D eigenvalue weighted by atomic mass is 10.1. The number of rotatable bonds is 6. The predicted molar refractivity (Wildman–Crippen MR) is 118 cm³/mol. The van der Waals surface area contributed by atoms with Crippen molar-refractivity contribution in [3.63, 3.8) is 0 Å². The number of carbonyl (C=O) groups is 1. The Labute approximate surface area is 180 Å². The standard InChI is InChI=1S/C23H21Cl2NO3/c1-14-4-6-18(12-21(14)25)26-23(27)16-5-9-22(28-3)17(11-16)13-29-19-7-8-20(24)15(2)10-19/h4-12H,13H2,1-3H3,(H,26,27). The van der Waals surface area contributed by atoms with Crippen molar-refractivity contribution in [3.05, 3.63) is 86.9 Å². The highest BCUT2D eigenvalue weighted by molar-refractivity contribution is 6.31. The first-order chi connectivity index (χ1) is 13.9. The van der Waals surface area contributed by atoms with Gasteiger partial charge in [-0.15, -0.1) is 0 Å². The van der Waals surface area contributed by atoms with Crippen LogP contribution in [0.4, 0.5) is 5.69 Å². The Bertz CT molecular complexity index is 1050. The molecule has 3 aromatic rings. The molecule has 0 unspecified atom stereocenters. The summed E-state index contributed by atoms with van der Waals surface area (Å²) in [6.45, 7) is 4.08. The first kappa shape index (κ1) is 21.0. The zero-order chi connectivity index (χ0) is 21.0. The van der Waals surface area contributed by atoms with Gasteiger partial charge in [0, 0.05) is 26.9 Å². The highest BCUT2D eigenvalue weighted by Crippen LogP contribution is 2.26. The number of ether oxygens (including phenoxy) is 2. The first-order valence-corrected chi connectivity index (χ1v) is 9.76. The Balaban J connectivity index is 1.77. The van der Waals surface area contributed by atoms with Crippen LogP contribution in [0, 0.1) is 13.8 Å². The van der Waals surface area contributed by atoms with Crippen molar-refractivity contribution in [1.29, 1.82) is 0 Å². The maximum absolute atomic E-state index is 12.7. The molecule has 0 spiro atoms. The van der Waals surface area contributed by atoms with Gasteiger partial charge in [0.25, 0.3) is 5.91 Å². The predicted octanol–water partition coefficient (Wildman–Crippen LogP) is 6.45. The number of aryl methyl sites for hydroxylation is 2. The molecule has 0 aliphatic heterocycles. The fraction of sp³-hybridized carbons (Fsp3) is 0.174. The summed E-state index contributed by atoms with van der Waals surface area (Å²) in [5.41, 5.74) is 3.77. The molecule has 0 aliphatic carbocycles. The molecule has 0 aliphatic rings. The molecule has 0 aromatic heterocycles. The van der Waals surface area contributed by atoms with Crippen LogP contribution < -0.4 is 14.8 Å². The summed E-state index contributed by atoms with van der Waals surface area (Å²) in [6, 6.07) is 16.1. The third kappa shape index (κ3) is 5.22. The molecule has 1 amide bonds. The maximum Gasteiger partial charge on any atom is 0.255 e. The molecule has 0 radical (unpaired) electrons. The molecule has 0 bridgehead atoms. The van der Waals surface area contributed by atoms with E-state index >= 15 is 0 Å². The summed E-state index contributed by atoms with van der Waals surface area (Å²) in [7, 11) is 1.58. The van der Waals surface area contributed by atoms with Gasteiger partial charge in [0.05, 0.1) is 7.11 Å². The smallest absolute Gasteiger partial charge is 0.255 e. The minimum atomic E-state index is -0.240. The lowest BCUT2D eigenvalue weighted by Gasteiger charge is -2.13. The van der Waals surface area contributed by atoms with Crippen LogP contribution in [0.2, 0.25) is 10.0 Å². The zero-order valence-corrected chi connectivity index (χ0v) is 17.9. The maximum atomic E-state index is 12.7. The van der Waals surface area contributed by atoms with Crippen LogP contribution in [-0.2, 0) is 6.61 Å². The molecule has 0 heterocycles. The number of methoxy groups -OCH3 is 1. The molecule has 0 saturated heterocycles. The van der Waals surface area contributed by atoms with Crippen LogP contribution in [0.3, 0.4) is 0 Å². The molecular formula is C23H21Cl2NO3. The second-order valence-electron chi connectivity index (χ2n) is 6.64. The fourth-order valence-corrected chi connectivity index (χ4v) is 3.07. The molecule has 3 aromatic carbocycles. The molecule has 0 saturated carbocycles. The Hall–Kier alpha value is -2.69. The van der Waals surface area contributed by atoms with E-state index in [-0.39, 0.29) is 12.5 Å². The number of hydrogen-bond donors (Lipinski definition) is 1. The SMILES string of the molecule is COc1ccc(C(=O)Nc2ccc(C)c(Cl)c2)cc1COc1ccc(Cl)c(C)c1. The first-order valence-electron chi connectivity index (χ1n) is 9.00. The molecule has 6 heteroatoms. The highest BCUT2D eigenvalue weighted by atomic mass is 35.5. The second-order valence-corrected chi connectivity index (χ2v) is 7.46. The summed E-state index contributed by atoms with van der Waals surface area (Å²) >= 11 is 12.2. The minimum absolute atomic E-state index is 0.240. The molecule has 29 heavy (non-hydrogen) atoms. The summed E-state index contributed by atoms with van der Waals surface area (Å²) < 4.78 is 11.3. The minimum Gasteiger partial charge on any atom is -0.496 e. The van der Waals surface area contributed by atoms with E-state index in [9.17, 15) is 4.79 Å². The van der Waals surface area contributed by atoms with Crippen molar-refractivity contribution >= 4 is 34.8 Å². The van der Waals surface area contributed by atoms with Crippen LogP contribution in [0.25, 0.3) is 0 Å². The van der Waals surface area contributed by atoms with E-state index in [1.807, 2.05) is 32.0 Å². The lowest BCUT2D eigenvalue weighted by molar-refractivity contribution is 0.102. The van der Waals surface area contributed by atoms with Gasteiger partial charge in [-0.05, 0) is 73.5 Å². The Kier molecular flexibility index (Phi) is 6.68. The van der Waals surface area contributed by atoms with E-state index < -0.39 is 0 Å². The van der Waals surface area contributed by atoms with Crippen LogP contribution in [0.5, 0.6) is 11.5 Å². The topological polar surface area (TPSA) is 47.6 Å². The van der Waals surface area contributed by atoms with Gasteiger partial charge in [0.1, 0.15) is 18.1 Å². The Morgan fingerprint density at radius 2 is 1.72 bits per heavy atom. The van der Waals surface area contributed by atoms with Gasteiger partial charge in [-0.25, -0.2) is 0 Å². The van der Waals surface area contributed by atoms with E-state index in [0.717, 1.165) is 16.7 Å². The number of halogens is 2. The number of benzene rings is 3. The molecule has 3 rings (SSSR count). The van der Waals surface area contributed by atoms with Crippen LogP contribution >= 0.6 is 23.2 Å². The summed E-state index contributed by atoms with van der Waals surface area (Å²) in [5.74, 6) is 1.10. The monoisotopic (exact) mass is 429 g/mol. The second kappa shape index (κ2) is 9.21. The number of anilines is 1. The highest BCUT2D eigenvalue weighted by Gasteiger charge is 2.12. The Morgan fingerprint density at radius 3 is 2.41 bits per heavy atom. The van der Waals surface area contributed by atoms with E-state index in [1.165, 1.54) is 0 Å². The van der Waals surface area contributed by atoms with Gasteiger partial charge in [-0.1, -0.05) is 29.3 Å². The Morgan fingerprint density at radius 1 is 0.931 bits per heavy atom. The molecule has 0 atom stereocenters. The molecule has 0 fully saturated rings. The largest absolute Gasteiger partial charge is 0.496 e. The van der Waals surface area contributed by atoms with Crippen molar-refractivity contribution in [2.45, 2.75) is 20.5 Å². The van der Waals surface area contributed by atoms with Crippen molar-refractivity contribution in [2.75, 3.05) is 12.4 Å². The number of nitrogens with one attached hydrogen (secondary N) is 1. The van der Waals surface area contributed by atoms with Gasteiger partial charge >= 0.3 is 0 Å². The fourth-order valence-electron chi connectivity index (χ4n) is 2.77. The number of amides is 1. The van der Waals surface area contributed by atoms with Crippen molar-refractivity contribution in [2.24, 2.45) is 0 Å². The molecule has 4 nitrogen and oxygen atoms in total. The van der Waals surface area contributed by atoms with Crippen molar-refractivity contribution in [1.82, 2.24) is 0 Å². The van der Waals surface area contributed by atoms with Crippen LogP contribution in [0.15, 0.2) is 54.6 Å². The average Bonchev–Trinajstić information content (AvgIpc) is 2.71. The van der Waals surface area contributed by atoms with Gasteiger partial charge in [-0.2, -0.15) is 0 Å².